The SMILES string of the molecule is CN(C)CCCNC(=O)c1cccc(S(=O)(=O)NCc2cccnc2)c1. The Bertz CT molecular complexity index is 823. The summed E-state index contributed by atoms with van der Waals surface area (Å²) in [5, 5.41) is 2.80. The molecule has 8 heteroatoms. The topological polar surface area (TPSA) is 91.4 Å². The number of benzene rings is 1. The summed E-state index contributed by atoms with van der Waals surface area (Å²) < 4.78 is 27.4. The van der Waals surface area contributed by atoms with Crippen molar-refractivity contribution < 1.29 is 13.2 Å². The van der Waals surface area contributed by atoms with E-state index in [1.165, 1.54) is 12.1 Å². The van der Waals surface area contributed by atoms with E-state index in [1.54, 1.807) is 36.7 Å². The lowest BCUT2D eigenvalue weighted by Gasteiger charge is -2.11. The van der Waals surface area contributed by atoms with Gasteiger partial charge in [0, 0.05) is 31.0 Å². The number of carbonyl (C=O) groups excluding carboxylic acids is 1. The number of rotatable bonds is 9. The third-order valence-corrected chi connectivity index (χ3v) is 5.06. The van der Waals surface area contributed by atoms with Gasteiger partial charge in [0.2, 0.25) is 10.0 Å². The number of amides is 1. The van der Waals surface area contributed by atoms with E-state index >= 15 is 0 Å². The van der Waals surface area contributed by atoms with Gasteiger partial charge in [0.1, 0.15) is 0 Å². The molecule has 0 saturated heterocycles. The second-order valence-electron chi connectivity index (χ2n) is 6.13. The third kappa shape index (κ3) is 6.21. The van der Waals surface area contributed by atoms with Gasteiger partial charge >= 0.3 is 0 Å². The number of nitrogens with one attached hydrogen (secondary N) is 2. The smallest absolute Gasteiger partial charge is 0.251 e. The molecule has 0 saturated carbocycles. The molecule has 1 heterocycles. The van der Waals surface area contributed by atoms with Crippen molar-refractivity contribution in [1.29, 1.82) is 0 Å². The zero-order valence-corrected chi connectivity index (χ0v) is 15.8. The van der Waals surface area contributed by atoms with Crippen LogP contribution < -0.4 is 10.0 Å². The van der Waals surface area contributed by atoms with Crippen LogP contribution in [0.3, 0.4) is 0 Å². The summed E-state index contributed by atoms with van der Waals surface area (Å²) in [4.78, 5) is 18.2. The van der Waals surface area contributed by atoms with Crippen molar-refractivity contribution in [2.75, 3.05) is 27.2 Å². The van der Waals surface area contributed by atoms with E-state index < -0.39 is 10.0 Å². The molecule has 1 aromatic carbocycles. The Kier molecular flexibility index (Phi) is 7.26. The molecule has 0 atom stereocenters. The predicted octanol–water partition coefficient (Wildman–Crippen LogP) is 1.24. The summed E-state index contributed by atoms with van der Waals surface area (Å²) in [6.07, 6.45) is 4.04. The molecule has 1 amide bonds. The fourth-order valence-corrected chi connectivity index (χ4v) is 3.33. The minimum Gasteiger partial charge on any atom is -0.352 e. The zero-order chi connectivity index (χ0) is 19.0. The van der Waals surface area contributed by atoms with Crippen LogP contribution in [0.25, 0.3) is 0 Å². The van der Waals surface area contributed by atoms with Crippen molar-refractivity contribution >= 4 is 15.9 Å². The van der Waals surface area contributed by atoms with Crippen LogP contribution in [-0.2, 0) is 16.6 Å². The average Bonchev–Trinajstić information content (AvgIpc) is 2.64. The standard InChI is InChI=1S/C18H24N4O3S/c1-22(2)11-5-10-20-18(23)16-7-3-8-17(12-16)26(24,25)21-14-15-6-4-9-19-13-15/h3-4,6-9,12-13,21H,5,10-11,14H2,1-2H3,(H,20,23). The number of carbonyl (C=O) groups is 1. The van der Waals surface area contributed by atoms with Crippen molar-refractivity contribution in [2.24, 2.45) is 0 Å². The fourth-order valence-electron chi connectivity index (χ4n) is 2.27. The molecular formula is C18H24N4O3S. The number of hydrogen-bond acceptors (Lipinski definition) is 5. The summed E-state index contributed by atoms with van der Waals surface area (Å²) in [5.74, 6) is -0.284. The highest BCUT2D eigenvalue weighted by atomic mass is 32.2. The minimum absolute atomic E-state index is 0.0577. The lowest BCUT2D eigenvalue weighted by Crippen LogP contribution is -2.28. The number of pyridine rings is 1. The molecule has 2 N–H and O–H groups in total. The summed E-state index contributed by atoms with van der Waals surface area (Å²) in [6, 6.07) is 9.54. The van der Waals surface area contributed by atoms with Crippen LogP contribution in [0, 0.1) is 0 Å². The fraction of sp³-hybridized carbons (Fsp3) is 0.333. The van der Waals surface area contributed by atoms with Crippen molar-refractivity contribution in [2.45, 2.75) is 17.9 Å². The van der Waals surface area contributed by atoms with Crippen LogP contribution >= 0.6 is 0 Å². The Balaban J connectivity index is 1.99. The lowest BCUT2D eigenvalue weighted by molar-refractivity contribution is 0.0952. The lowest BCUT2D eigenvalue weighted by atomic mass is 10.2. The van der Waals surface area contributed by atoms with Crippen LogP contribution in [0.4, 0.5) is 0 Å². The molecule has 0 fully saturated rings. The second kappa shape index (κ2) is 9.42. The molecule has 1 aromatic heterocycles. The van der Waals surface area contributed by atoms with Gasteiger partial charge in [-0.3, -0.25) is 9.78 Å². The summed E-state index contributed by atoms with van der Waals surface area (Å²) in [6.45, 7) is 1.54. The van der Waals surface area contributed by atoms with Gasteiger partial charge in [-0.2, -0.15) is 0 Å². The molecule has 0 aliphatic heterocycles. The minimum atomic E-state index is -3.72. The predicted molar refractivity (Wildman–Crippen MR) is 100 cm³/mol. The quantitative estimate of drug-likeness (QED) is 0.643. The molecule has 140 valence electrons. The van der Waals surface area contributed by atoms with Gasteiger partial charge in [0.05, 0.1) is 4.90 Å². The zero-order valence-electron chi connectivity index (χ0n) is 15.0. The molecule has 0 aliphatic rings. The maximum Gasteiger partial charge on any atom is 0.251 e. The van der Waals surface area contributed by atoms with Crippen molar-refractivity contribution in [3.63, 3.8) is 0 Å². The van der Waals surface area contributed by atoms with Gasteiger partial charge in [0.15, 0.2) is 0 Å². The number of aromatic nitrogens is 1. The molecule has 0 bridgehead atoms. The maximum atomic E-state index is 12.4. The Hall–Kier alpha value is -2.29. The molecule has 0 spiro atoms. The van der Waals surface area contributed by atoms with Gasteiger partial charge in [-0.25, -0.2) is 13.1 Å². The summed E-state index contributed by atoms with van der Waals surface area (Å²) in [5.41, 5.74) is 1.07. The molecule has 2 aromatic rings. The molecule has 0 unspecified atom stereocenters. The van der Waals surface area contributed by atoms with E-state index in [0.29, 0.717) is 12.1 Å². The Morgan fingerprint density at radius 2 is 2.00 bits per heavy atom. The van der Waals surface area contributed by atoms with E-state index in [1.807, 2.05) is 19.0 Å². The van der Waals surface area contributed by atoms with Gasteiger partial charge in [-0.05, 0) is 56.9 Å². The highest BCUT2D eigenvalue weighted by molar-refractivity contribution is 7.89. The molecule has 26 heavy (non-hydrogen) atoms. The van der Waals surface area contributed by atoms with E-state index in [-0.39, 0.29) is 17.3 Å². The van der Waals surface area contributed by atoms with E-state index in [0.717, 1.165) is 18.5 Å². The van der Waals surface area contributed by atoms with Crippen molar-refractivity contribution in [1.82, 2.24) is 19.9 Å². The van der Waals surface area contributed by atoms with Crippen LogP contribution in [-0.4, -0.2) is 51.4 Å². The van der Waals surface area contributed by atoms with Crippen LogP contribution in [0.15, 0.2) is 53.7 Å². The Labute approximate surface area is 154 Å². The highest BCUT2D eigenvalue weighted by Crippen LogP contribution is 2.12. The first kappa shape index (κ1) is 20.0. The van der Waals surface area contributed by atoms with Crippen LogP contribution in [0.5, 0.6) is 0 Å². The molecule has 7 nitrogen and oxygen atoms in total. The first-order valence-electron chi connectivity index (χ1n) is 8.30. The first-order valence-corrected chi connectivity index (χ1v) is 9.78. The van der Waals surface area contributed by atoms with Crippen LogP contribution in [0.1, 0.15) is 22.3 Å². The largest absolute Gasteiger partial charge is 0.352 e. The molecule has 0 aliphatic carbocycles. The monoisotopic (exact) mass is 376 g/mol. The number of sulfonamides is 1. The summed E-state index contributed by atoms with van der Waals surface area (Å²) >= 11 is 0. The van der Waals surface area contributed by atoms with Gasteiger partial charge in [0.25, 0.3) is 5.91 Å². The highest BCUT2D eigenvalue weighted by Gasteiger charge is 2.16. The maximum absolute atomic E-state index is 12.4. The van der Waals surface area contributed by atoms with Gasteiger partial charge in [-0.15, -0.1) is 0 Å². The van der Waals surface area contributed by atoms with E-state index in [9.17, 15) is 13.2 Å². The Morgan fingerprint density at radius 3 is 2.69 bits per heavy atom. The van der Waals surface area contributed by atoms with E-state index in [4.69, 9.17) is 0 Å². The third-order valence-electron chi connectivity index (χ3n) is 3.66. The number of hydrogen-bond donors (Lipinski definition) is 2. The van der Waals surface area contributed by atoms with Gasteiger partial charge < -0.3 is 10.2 Å². The normalized spacial score (nSPS) is 11.5. The molecular weight excluding hydrogens is 352 g/mol. The van der Waals surface area contributed by atoms with Crippen molar-refractivity contribution in [3.05, 3.63) is 59.9 Å². The Morgan fingerprint density at radius 1 is 1.19 bits per heavy atom. The average molecular weight is 376 g/mol. The first-order chi connectivity index (χ1) is 12.4. The second-order valence-corrected chi connectivity index (χ2v) is 7.89. The van der Waals surface area contributed by atoms with E-state index in [2.05, 4.69) is 15.0 Å². The van der Waals surface area contributed by atoms with Crippen molar-refractivity contribution in [3.8, 4) is 0 Å². The molecule has 0 radical (unpaired) electrons. The van der Waals surface area contributed by atoms with Gasteiger partial charge in [-0.1, -0.05) is 12.1 Å². The number of nitrogens with zero attached hydrogens (tertiary/aromatic N) is 2. The molecule has 2 rings (SSSR count). The van der Waals surface area contributed by atoms with Crippen LogP contribution in [0.2, 0.25) is 0 Å². The summed E-state index contributed by atoms with van der Waals surface area (Å²) in [7, 11) is 0.219.